The fraction of sp³-hybridized carbons (Fsp3) is 0.208. The highest BCUT2D eigenvalue weighted by atomic mass is 16.6. The zero-order chi connectivity index (χ0) is 21.5. The van der Waals surface area contributed by atoms with Crippen LogP contribution in [0.3, 0.4) is 0 Å². The maximum atomic E-state index is 12.5. The highest BCUT2D eigenvalue weighted by Crippen LogP contribution is 2.24. The first kappa shape index (κ1) is 21.0. The SMILES string of the molecule is CCOC(=O)N(C)c1ccc(-c2ccc(C(=O)CCc3ccc(N)nc3)cc2)cc1. The lowest BCUT2D eigenvalue weighted by Gasteiger charge is -2.16. The molecule has 6 heteroatoms. The van der Waals surface area contributed by atoms with Crippen molar-refractivity contribution in [3.05, 3.63) is 78.0 Å². The standard InChI is InChI=1S/C24H25N3O3/c1-3-30-24(29)27(2)21-12-10-19(11-13-21)18-6-8-20(9-7-18)22(28)14-4-17-5-15-23(25)26-16-17/h5-13,15-16H,3-4,14H2,1-2H3,(H2,25,26). The summed E-state index contributed by atoms with van der Waals surface area (Å²) in [6.07, 6.45) is 2.36. The van der Waals surface area contributed by atoms with Crippen LogP contribution in [0.5, 0.6) is 0 Å². The molecule has 6 nitrogen and oxygen atoms in total. The van der Waals surface area contributed by atoms with E-state index in [4.69, 9.17) is 10.5 Å². The zero-order valence-corrected chi connectivity index (χ0v) is 17.2. The number of carbonyl (C=O) groups is 2. The fourth-order valence-electron chi connectivity index (χ4n) is 3.04. The van der Waals surface area contributed by atoms with Crippen molar-refractivity contribution in [2.75, 3.05) is 24.3 Å². The van der Waals surface area contributed by atoms with E-state index in [2.05, 4.69) is 4.98 Å². The Morgan fingerprint density at radius 3 is 2.17 bits per heavy atom. The van der Waals surface area contributed by atoms with E-state index in [-0.39, 0.29) is 11.9 Å². The second-order valence-electron chi connectivity index (χ2n) is 6.90. The summed E-state index contributed by atoms with van der Waals surface area (Å²) in [6, 6.07) is 18.8. The molecule has 0 bridgehead atoms. The molecular formula is C24H25N3O3. The molecule has 154 valence electrons. The first-order valence-corrected chi connectivity index (χ1v) is 9.82. The number of nitrogens with two attached hydrogens (primary N) is 1. The first-order valence-electron chi connectivity index (χ1n) is 9.82. The van der Waals surface area contributed by atoms with Crippen LogP contribution >= 0.6 is 0 Å². The van der Waals surface area contributed by atoms with Crippen molar-refractivity contribution in [3.63, 3.8) is 0 Å². The predicted octanol–water partition coefficient (Wildman–Crippen LogP) is 4.74. The van der Waals surface area contributed by atoms with Crippen molar-refractivity contribution in [2.45, 2.75) is 19.8 Å². The minimum Gasteiger partial charge on any atom is -0.449 e. The summed E-state index contributed by atoms with van der Waals surface area (Å²) in [5.74, 6) is 0.561. The van der Waals surface area contributed by atoms with Gasteiger partial charge in [0.1, 0.15) is 5.82 Å². The van der Waals surface area contributed by atoms with Gasteiger partial charge < -0.3 is 10.5 Å². The van der Waals surface area contributed by atoms with E-state index in [1.165, 1.54) is 4.90 Å². The number of pyridine rings is 1. The molecule has 0 spiro atoms. The summed E-state index contributed by atoms with van der Waals surface area (Å²) in [5.41, 5.74) is 10.0. The molecule has 1 amide bonds. The van der Waals surface area contributed by atoms with Crippen molar-refractivity contribution in [3.8, 4) is 11.1 Å². The van der Waals surface area contributed by atoms with Gasteiger partial charge in [-0.05, 0) is 48.2 Å². The summed E-state index contributed by atoms with van der Waals surface area (Å²) < 4.78 is 5.01. The molecule has 0 saturated carbocycles. The predicted molar refractivity (Wildman–Crippen MR) is 119 cm³/mol. The zero-order valence-electron chi connectivity index (χ0n) is 17.2. The Morgan fingerprint density at radius 1 is 0.967 bits per heavy atom. The molecule has 0 radical (unpaired) electrons. The molecule has 3 aromatic rings. The number of ether oxygens (including phenoxy) is 1. The Balaban J connectivity index is 1.62. The molecule has 0 aliphatic heterocycles. The van der Waals surface area contributed by atoms with Gasteiger partial charge in [-0.25, -0.2) is 9.78 Å². The normalized spacial score (nSPS) is 10.5. The number of aryl methyl sites for hydroxylation is 1. The largest absolute Gasteiger partial charge is 0.449 e. The minimum absolute atomic E-state index is 0.0878. The van der Waals surface area contributed by atoms with E-state index < -0.39 is 0 Å². The minimum atomic E-state index is -0.386. The molecule has 1 heterocycles. The highest BCUT2D eigenvalue weighted by Gasteiger charge is 2.12. The number of aromatic nitrogens is 1. The molecule has 1 aromatic heterocycles. The van der Waals surface area contributed by atoms with Crippen molar-refractivity contribution in [1.82, 2.24) is 4.98 Å². The van der Waals surface area contributed by atoms with Crippen LogP contribution in [0.25, 0.3) is 11.1 Å². The number of anilines is 2. The number of hydrogen-bond donors (Lipinski definition) is 1. The number of Topliss-reactive ketones (excluding diaryl/α,β-unsaturated/α-hetero) is 1. The van der Waals surface area contributed by atoms with Crippen molar-refractivity contribution < 1.29 is 14.3 Å². The van der Waals surface area contributed by atoms with Crippen LogP contribution in [0.4, 0.5) is 16.3 Å². The second-order valence-corrected chi connectivity index (χ2v) is 6.90. The molecule has 0 saturated heterocycles. The maximum Gasteiger partial charge on any atom is 0.413 e. The summed E-state index contributed by atoms with van der Waals surface area (Å²) in [7, 11) is 1.67. The van der Waals surface area contributed by atoms with Gasteiger partial charge in [0, 0.05) is 30.9 Å². The lowest BCUT2D eigenvalue weighted by molar-refractivity contribution is 0.0982. The van der Waals surface area contributed by atoms with E-state index >= 15 is 0 Å². The molecular weight excluding hydrogens is 378 g/mol. The summed E-state index contributed by atoms with van der Waals surface area (Å²) in [5, 5.41) is 0. The number of ketones is 1. The third kappa shape index (κ3) is 5.23. The molecule has 2 aromatic carbocycles. The topological polar surface area (TPSA) is 85.5 Å². The Hall–Kier alpha value is -3.67. The van der Waals surface area contributed by atoms with E-state index in [0.717, 1.165) is 22.4 Å². The number of amides is 1. The van der Waals surface area contributed by atoms with Crippen LogP contribution in [-0.4, -0.2) is 30.5 Å². The van der Waals surface area contributed by atoms with Gasteiger partial charge in [-0.1, -0.05) is 42.5 Å². The van der Waals surface area contributed by atoms with Crippen LogP contribution < -0.4 is 10.6 Å². The molecule has 0 fully saturated rings. The molecule has 0 unspecified atom stereocenters. The first-order chi connectivity index (χ1) is 14.5. The lowest BCUT2D eigenvalue weighted by Crippen LogP contribution is -2.26. The van der Waals surface area contributed by atoms with E-state index in [9.17, 15) is 9.59 Å². The lowest BCUT2D eigenvalue weighted by atomic mass is 9.99. The van der Waals surface area contributed by atoms with E-state index in [1.54, 1.807) is 26.2 Å². The van der Waals surface area contributed by atoms with Crippen LogP contribution in [0.2, 0.25) is 0 Å². The highest BCUT2D eigenvalue weighted by molar-refractivity contribution is 5.96. The number of hydrogen-bond acceptors (Lipinski definition) is 5. The van der Waals surface area contributed by atoms with Gasteiger partial charge >= 0.3 is 6.09 Å². The third-order valence-electron chi connectivity index (χ3n) is 4.82. The van der Waals surface area contributed by atoms with Gasteiger partial charge in [0.25, 0.3) is 0 Å². The smallest absolute Gasteiger partial charge is 0.413 e. The summed E-state index contributed by atoms with van der Waals surface area (Å²) in [4.78, 5) is 29.8. The number of rotatable bonds is 7. The monoisotopic (exact) mass is 403 g/mol. The summed E-state index contributed by atoms with van der Waals surface area (Å²) in [6.45, 7) is 2.11. The van der Waals surface area contributed by atoms with Gasteiger partial charge in [0.2, 0.25) is 0 Å². The number of benzene rings is 2. The summed E-state index contributed by atoms with van der Waals surface area (Å²) >= 11 is 0. The molecule has 0 aliphatic carbocycles. The fourth-order valence-corrected chi connectivity index (χ4v) is 3.04. The van der Waals surface area contributed by atoms with Crippen molar-refractivity contribution in [1.29, 1.82) is 0 Å². The molecule has 2 N–H and O–H groups in total. The van der Waals surface area contributed by atoms with Gasteiger partial charge in [0.05, 0.1) is 6.61 Å². The van der Waals surface area contributed by atoms with Gasteiger partial charge in [-0.15, -0.1) is 0 Å². The van der Waals surface area contributed by atoms with Gasteiger partial charge in [-0.3, -0.25) is 9.69 Å². The molecule has 0 atom stereocenters. The van der Waals surface area contributed by atoms with Crippen molar-refractivity contribution >= 4 is 23.4 Å². The van der Waals surface area contributed by atoms with Crippen LogP contribution in [0.1, 0.15) is 29.3 Å². The molecule has 0 aliphatic rings. The average Bonchev–Trinajstić information content (AvgIpc) is 2.78. The van der Waals surface area contributed by atoms with E-state index in [0.29, 0.717) is 30.8 Å². The molecule has 3 rings (SSSR count). The number of nitrogens with zero attached hydrogens (tertiary/aromatic N) is 2. The van der Waals surface area contributed by atoms with Gasteiger partial charge in [-0.2, -0.15) is 0 Å². The third-order valence-corrected chi connectivity index (χ3v) is 4.82. The second kappa shape index (κ2) is 9.69. The Kier molecular flexibility index (Phi) is 6.80. The molecule has 30 heavy (non-hydrogen) atoms. The quantitative estimate of drug-likeness (QED) is 0.576. The van der Waals surface area contributed by atoms with Gasteiger partial charge in [0.15, 0.2) is 5.78 Å². The van der Waals surface area contributed by atoms with Crippen molar-refractivity contribution in [2.24, 2.45) is 0 Å². The van der Waals surface area contributed by atoms with Crippen LogP contribution in [0.15, 0.2) is 66.9 Å². The van der Waals surface area contributed by atoms with Crippen LogP contribution in [0, 0.1) is 0 Å². The number of carbonyl (C=O) groups excluding carboxylic acids is 2. The Morgan fingerprint density at radius 2 is 1.60 bits per heavy atom. The maximum absolute atomic E-state index is 12.5. The average molecular weight is 403 g/mol. The van der Waals surface area contributed by atoms with E-state index in [1.807, 2.05) is 54.6 Å². The number of nitrogen functional groups attached to an aromatic ring is 1. The van der Waals surface area contributed by atoms with Crippen LogP contribution in [-0.2, 0) is 11.2 Å². The Labute approximate surface area is 176 Å². The Bertz CT molecular complexity index is 997.